The van der Waals surface area contributed by atoms with Crippen molar-refractivity contribution in [2.75, 3.05) is 7.11 Å². The summed E-state index contributed by atoms with van der Waals surface area (Å²) in [4.78, 5) is 0. The lowest BCUT2D eigenvalue weighted by atomic mass is 10.0. The predicted octanol–water partition coefficient (Wildman–Crippen LogP) is 4.41. The largest absolute Gasteiger partial charge is 0.496 e. The van der Waals surface area contributed by atoms with Crippen LogP contribution in [0.2, 0.25) is 5.02 Å². The van der Waals surface area contributed by atoms with Crippen LogP contribution in [0.1, 0.15) is 18.4 Å². The van der Waals surface area contributed by atoms with Gasteiger partial charge in [-0.05, 0) is 48.2 Å². The Hall–Kier alpha value is -1.58. The van der Waals surface area contributed by atoms with Crippen LogP contribution in [-0.2, 0) is 6.54 Å². The summed E-state index contributed by atoms with van der Waals surface area (Å²) in [6.45, 7) is 0.768. The maximum Gasteiger partial charge on any atom is 0.126 e. The molecular formula is C17H17ClFNO. The van der Waals surface area contributed by atoms with Gasteiger partial charge >= 0.3 is 0 Å². The minimum Gasteiger partial charge on any atom is -0.496 e. The molecule has 0 atom stereocenters. The summed E-state index contributed by atoms with van der Waals surface area (Å²) in [7, 11) is 1.58. The third-order valence-corrected chi connectivity index (χ3v) is 4.04. The van der Waals surface area contributed by atoms with Crippen molar-refractivity contribution in [1.82, 2.24) is 5.32 Å². The Balaban J connectivity index is 1.88. The topological polar surface area (TPSA) is 21.3 Å². The molecule has 1 aliphatic carbocycles. The van der Waals surface area contributed by atoms with Gasteiger partial charge in [0.2, 0.25) is 0 Å². The summed E-state index contributed by atoms with van der Waals surface area (Å²) in [5.41, 5.74) is 2.62. The van der Waals surface area contributed by atoms with Crippen molar-refractivity contribution in [3.63, 3.8) is 0 Å². The van der Waals surface area contributed by atoms with Gasteiger partial charge < -0.3 is 10.1 Å². The zero-order valence-electron chi connectivity index (χ0n) is 11.8. The maximum atomic E-state index is 13.5. The van der Waals surface area contributed by atoms with Gasteiger partial charge in [0.15, 0.2) is 0 Å². The molecule has 0 spiro atoms. The van der Waals surface area contributed by atoms with Crippen LogP contribution in [0, 0.1) is 5.82 Å². The third kappa shape index (κ3) is 3.36. The van der Waals surface area contributed by atoms with Gasteiger partial charge in [0.05, 0.1) is 7.11 Å². The Labute approximate surface area is 128 Å². The molecule has 0 unspecified atom stereocenters. The monoisotopic (exact) mass is 305 g/mol. The SMILES string of the molecule is COc1ccc(F)cc1-c1ccc(CNC2CC2)c(Cl)c1. The second kappa shape index (κ2) is 6.04. The van der Waals surface area contributed by atoms with E-state index in [1.807, 2.05) is 18.2 Å². The number of nitrogens with one attached hydrogen (secondary N) is 1. The van der Waals surface area contributed by atoms with Crippen molar-refractivity contribution in [1.29, 1.82) is 0 Å². The molecule has 1 aliphatic rings. The van der Waals surface area contributed by atoms with Crippen molar-refractivity contribution in [3.8, 4) is 16.9 Å². The summed E-state index contributed by atoms with van der Waals surface area (Å²) in [5, 5.41) is 4.12. The summed E-state index contributed by atoms with van der Waals surface area (Å²) >= 11 is 6.34. The first-order valence-corrected chi connectivity index (χ1v) is 7.41. The maximum absolute atomic E-state index is 13.5. The van der Waals surface area contributed by atoms with Gasteiger partial charge in [0, 0.05) is 23.2 Å². The first-order valence-electron chi connectivity index (χ1n) is 7.03. The molecule has 1 saturated carbocycles. The van der Waals surface area contributed by atoms with Gasteiger partial charge in [0.1, 0.15) is 11.6 Å². The van der Waals surface area contributed by atoms with Gasteiger partial charge in [-0.15, -0.1) is 0 Å². The van der Waals surface area contributed by atoms with Crippen LogP contribution in [0.4, 0.5) is 4.39 Å². The average Bonchev–Trinajstić information content (AvgIpc) is 3.30. The molecule has 0 bridgehead atoms. The number of methoxy groups -OCH3 is 1. The fraction of sp³-hybridized carbons (Fsp3) is 0.294. The van der Waals surface area contributed by atoms with E-state index >= 15 is 0 Å². The van der Waals surface area contributed by atoms with Crippen molar-refractivity contribution in [3.05, 3.63) is 52.8 Å². The van der Waals surface area contributed by atoms with Crippen LogP contribution < -0.4 is 10.1 Å². The second-order valence-electron chi connectivity index (χ2n) is 5.31. The molecule has 2 aromatic carbocycles. The highest BCUT2D eigenvalue weighted by Gasteiger charge is 2.20. The average molecular weight is 306 g/mol. The van der Waals surface area contributed by atoms with Gasteiger partial charge in [-0.3, -0.25) is 0 Å². The van der Waals surface area contributed by atoms with Gasteiger partial charge in [-0.2, -0.15) is 0 Å². The van der Waals surface area contributed by atoms with E-state index in [1.54, 1.807) is 13.2 Å². The van der Waals surface area contributed by atoms with Crippen LogP contribution in [-0.4, -0.2) is 13.2 Å². The van der Waals surface area contributed by atoms with E-state index in [0.717, 1.165) is 17.7 Å². The van der Waals surface area contributed by atoms with E-state index in [1.165, 1.54) is 25.0 Å². The van der Waals surface area contributed by atoms with Crippen LogP contribution in [0.25, 0.3) is 11.1 Å². The highest BCUT2D eigenvalue weighted by Crippen LogP contribution is 2.33. The quantitative estimate of drug-likeness (QED) is 0.883. The van der Waals surface area contributed by atoms with E-state index in [9.17, 15) is 4.39 Å². The van der Waals surface area contributed by atoms with E-state index in [4.69, 9.17) is 16.3 Å². The molecule has 0 radical (unpaired) electrons. The Morgan fingerprint density at radius 2 is 2.05 bits per heavy atom. The summed E-state index contributed by atoms with van der Waals surface area (Å²) < 4.78 is 18.8. The van der Waals surface area contributed by atoms with Gasteiger partial charge in [0.25, 0.3) is 0 Å². The van der Waals surface area contributed by atoms with E-state index in [2.05, 4.69) is 5.32 Å². The van der Waals surface area contributed by atoms with Crippen molar-refractivity contribution in [2.45, 2.75) is 25.4 Å². The number of rotatable bonds is 5. The normalized spacial score (nSPS) is 14.2. The molecule has 1 fully saturated rings. The lowest BCUT2D eigenvalue weighted by molar-refractivity contribution is 0.415. The Morgan fingerprint density at radius 3 is 2.71 bits per heavy atom. The van der Waals surface area contributed by atoms with Crippen LogP contribution in [0.5, 0.6) is 5.75 Å². The number of hydrogen-bond acceptors (Lipinski definition) is 2. The molecular weight excluding hydrogens is 289 g/mol. The fourth-order valence-corrected chi connectivity index (χ4v) is 2.55. The predicted molar refractivity (Wildman–Crippen MR) is 83.3 cm³/mol. The van der Waals surface area contributed by atoms with Crippen LogP contribution >= 0.6 is 11.6 Å². The highest BCUT2D eigenvalue weighted by atomic mass is 35.5. The zero-order chi connectivity index (χ0) is 14.8. The molecule has 110 valence electrons. The molecule has 0 saturated heterocycles. The van der Waals surface area contributed by atoms with Crippen LogP contribution in [0.3, 0.4) is 0 Å². The number of ether oxygens (including phenoxy) is 1. The molecule has 2 nitrogen and oxygen atoms in total. The lowest BCUT2D eigenvalue weighted by Gasteiger charge is -2.11. The van der Waals surface area contributed by atoms with Gasteiger partial charge in [-0.25, -0.2) is 4.39 Å². The third-order valence-electron chi connectivity index (χ3n) is 3.68. The first-order chi connectivity index (χ1) is 10.2. The summed E-state index contributed by atoms with van der Waals surface area (Å²) in [6.07, 6.45) is 2.49. The van der Waals surface area contributed by atoms with E-state index in [-0.39, 0.29) is 5.82 Å². The van der Waals surface area contributed by atoms with Crippen molar-refractivity contribution < 1.29 is 9.13 Å². The lowest BCUT2D eigenvalue weighted by Crippen LogP contribution is -2.15. The smallest absolute Gasteiger partial charge is 0.126 e. The Bertz CT molecular complexity index is 655. The standard InChI is InChI=1S/C17H17ClFNO/c1-21-17-7-4-13(19)9-15(17)11-2-3-12(16(18)8-11)10-20-14-5-6-14/h2-4,7-9,14,20H,5-6,10H2,1H3. The molecule has 4 heteroatoms. The molecule has 0 amide bonds. The molecule has 2 aromatic rings. The number of halogens is 2. The zero-order valence-corrected chi connectivity index (χ0v) is 12.6. The minimum absolute atomic E-state index is 0.290. The highest BCUT2D eigenvalue weighted by molar-refractivity contribution is 6.31. The fourth-order valence-electron chi connectivity index (χ4n) is 2.31. The number of hydrogen-bond donors (Lipinski definition) is 1. The molecule has 0 aromatic heterocycles. The summed E-state index contributed by atoms with van der Waals surface area (Å²) in [5.74, 6) is 0.345. The van der Waals surface area contributed by atoms with Crippen LogP contribution in [0.15, 0.2) is 36.4 Å². The van der Waals surface area contributed by atoms with E-state index in [0.29, 0.717) is 22.4 Å². The number of benzene rings is 2. The molecule has 0 aliphatic heterocycles. The minimum atomic E-state index is -0.290. The van der Waals surface area contributed by atoms with Gasteiger partial charge in [-0.1, -0.05) is 23.7 Å². The molecule has 21 heavy (non-hydrogen) atoms. The Kier molecular flexibility index (Phi) is 4.13. The van der Waals surface area contributed by atoms with Crippen molar-refractivity contribution in [2.24, 2.45) is 0 Å². The first kappa shape index (κ1) is 14.4. The molecule has 1 N–H and O–H groups in total. The Morgan fingerprint density at radius 1 is 1.24 bits per heavy atom. The molecule has 3 rings (SSSR count). The summed E-state index contributed by atoms with van der Waals surface area (Å²) in [6, 6.07) is 10.9. The second-order valence-corrected chi connectivity index (χ2v) is 5.71. The van der Waals surface area contributed by atoms with E-state index < -0.39 is 0 Å². The van der Waals surface area contributed by atoms with Crippen molar-refractivity contribution >= 4 is 11.6 Å². The molecule has 0 heterocycles.